The number of hydrogen-bond donors (Lipinski definition) is 1. The first-order chi connectivity index (χ1) is 10.9. The van der Waals surface area contributed by atoms with Crippen molar-refractivity contribution >= 4 is 33.9 Å². The van der Waals surface area contributed by atoms with Crippen LogP contribution in [0.2, 0.25) is 0 Å². The molecular weight excluding hydrogens is 362 g/mol. The Labute approximate surface area is 145 Å². The van der Waals surface area contributed by atoms with Crippen LogP contribution in [0.25, 0.3) is 6.08 Å². The van der Waals surface area contributed by atoms with Crippen molar-refractivity contribution in [3.8, 4) is 5.75 Å². The zero-order valence-corrected chi connectivity index (χ0v) is 15.3. The summed E-state index contributed by atoms with van der Waals surface area (Å²) in [5, 5.41) is 2.67. The summed E-state index contributed by atoms with van der Waals surface area (Å²) < 4.78 is 10.8. The molecule has 126 valence electrons. The van der Waals surface area contributed by atoms with E-state index in [1.807, 2.05) is 26.0 Å². The van der Waals surface area contributed by atoms with Crippen LogP contribution in [-0.2, 0) is 14.3 Å². The van der Waals surface area contributed by atoms with Gasteiger partial charge in [0.15, 0.2) is 0 Å². The highest BCUT2D eigenvalue weighted by molar-refractivity contribution is 9.10. The molecule has 1 aromatic rings. The van der Waals surface area contributed by atoms with E-state index in [2.05, 4.69) is 21.2 Å². The Balaban J connectivity index is 2.81. The fourth-order valence-corrected chi connectivity index (χ4v) is 2.43. The van der Waals surface area contributed by atoms with Crippen LogP contribution in [0.3, 0.4) is 0 Å². The van der Waals surface area contributed by atoms with E-state index in [4.69, 9.17) is 9.47 Å². The van der Waals surface area contributed by atoms with Gasteiger partial charge in [0.1, 0.15) is 11.8 Å². The fourth-order valence-electron chi connectivity index (χ4n) is 2.05. The van der Waals surface area contributed by atoms with E-state index in [9.17, 15) is 9.59 Å². The first kappa shape index (κ1) is 19.2. The average Bonchev–Trinajstić information content (AvgIpc) is 2.51. The van der Waals surface area contributed by atoms with Gasteiger partial charge in [0.2, 0.25) is 5.91 Å². The van der Waals surface area contributed by atoms with Gasteiger partial charge in [-0.05, 0) is 36.6 Å². The molecule has 1 rings (SSSR count). The smallest absolute Gasteiger partial charge is 0.328 e. The first-order valence-electron chi connectivity index (χ1n) is 7.27. The molecule has 1 N–H and O–H groups in total. The molecule has 0 bridgehead atoms. The standard InChI is InChI=1S/C17H22BrNO4/c1-11(2)9-14(17(21)23-4)19-16(20)8-5-12-10-13(18)6-7-15(12)22-3/h5-8,10-11,14H,9H2,1-4H3,(H,19,20)/b8-5+. The molecule has 0 saturated heterocycles. The summed E-state index contributed by atoms with van der Waals surface area (Å²) >= 11 is 3.38. The van der Waals surface area contributed by atoms with Gasteiger partial charge < -0.3 is 14.8 Å². The van der Waals surface area contributed by atoms with Crippen molar-refractivity contribution in [2.75, 3.05) is 14.2 Å². The number of methoxy groups -OCH3 is 2. The van der Waals surface area contributed by atoms with Crippen molar-refractivity contribution in [3.05, 3.63) is 34.3 Å². The van der Waals surface area contributed by atoms with Crippen LogP contribution in [0.15, 0.2) is 28.7 Å². The van der Waals surface area contributed by atoms with Crippen molar-refractivity contribution in [3.63, 3.8) is 0 Å². The van der Waals surface area contributed by atoms with Gasteiger partial charge in [-0.1, -0.05) is 29.8 Å². The third kappa shape index (κ3) is 6.44. The lowest BCUT2D eigenvalue weighted by molar-refractivity contribution is -0.145. The summed E-state index contributed by atoms with van der Waals surface area (Å²) in [6, 6.07) is 4.85. The summed E-state index contributed by atoms with van der Waals surface area (Å²) in [5.41, 5.74) is 0.760. The minimum Gasteiger partial charge on any atom is -0.496 e. The highest BCUT2D eigenvalue weighted by atomic mass is 79.9. The highest BCUT2D eigenvalue weighted by Crippen LogP contribution is 2.24. The zero-order chi connectivity index (χ0) is 17.4. The summed E-state index contributed by atoms with van der Waals surface area (Å²) in [4.78, 5) is 23.8. The lowest BCUT2D eigenvalue weighted by Gasteiger charge is -2.17. The summed E-state index contributed by atoms with van der Waals surface area (Å²) in [5.74, 6) is 0.112. The molecule has 1 unspecified atom stereocenters. The Morgan fingerprint density at radius 1 is 1.30 bits per heavy atom. The second-order valence-corrected chi connectivity index (χ2v) is 6.35. The number of carbonyl (C=O) groups excluding carboxylic acids is 2. The molecular formula is C17H22BrNO4. The van der Waals surface area contributed by atoms with Crippen LogP contribution in [-0.4, -0.2) is 32.1 Å². The van der Waals surface area contributed by atoms with Gasteiger partial charge in [-0.25, -0.2) is 4.79 Å². The molecule has 23 heavy (non-hydrogen) atoms. The Kier molecular flexibility index (Phi) is 7.81. The molecule has 0 saturated carbocycles. The molecule has 1 aromatic carbocycles. The predicted molar refractivity (Wildman–Crippen MR) is 93.1 cm³/mol. The maximum absolute atomic E-state index is 12.1. The molecule has 0 aliphatic rings. The summed E-state index contributed by atoms with van der Waals surface area (Å²) in [7, 11) is 2.88. The van der Waals surface area contributed by atoms with Crippen molar-refractivity contribution in [1.29, 1.82) is 0 Å². The van der Waals surface area contributed by atoms with Crippen LogP contribution < -0.4 is 10.1 Å². The SMILES string of the molecule is COC(=O)C(CC(C)C)NC(=O)/C=C/c1cc(Br)ccc1OC. The van der Waals surface area contributed by atoms with E-state index < -0.39 is 12.0 Å². The van der Waals surface area contributed by atoms with E-state index in [0.717, 1.165) is 10.0 Å². The first-order valence-corrected chi connectivity index (χ1v) is 8.06. The second kappa shape index (κ2) is 9.35. The van der Waals surface area contributed by atoms with Crippen molar-refractivity contribution in [2.45, 2.75) is 26.3 Å². The molecule has 0 fully saturated rings. The topological polar surface area (TPSA) is 64.6 Å². The van der Waals surface area contributed by atoms with E-state index in [1.165, 1.54) is 13.2 Å². The molecule has 6 heteroatoms. The van der Waals surface area contributed by atoms with Crippen molar-refractivity contribution in [1.82, 2.24) is 5.32 Å². The molecule has 0 aliphatic heterocycles. The number of nitrogens with one attached hydrogen (secondary N) is 1. The van der Waals surface area contributed by atoms with Gasteiger partial charge >= 0.3 is 5.97 Å². The van der Waals surface area contributed by atoms with Crippen LogP contribution in [0, 0.1) is 5.92 Å². The predicted octanol–water partition coefficient (Wildman–Crippen LogP) is 3.17. The number of rotatable bonds is 7. The summed E-state index contributed by atoms with van der Waals surface area (Å²) in [6.45, 7) is 3.95. The molecule has 1 atom stereocenters. The van der Waals surface area contributed by atoms with Crippen LogP contribution in [0.4, 0.5) is 0 Å². The summed E-state index contributed by atoms with van der Waals surface area (Å²) in [6.07, 6.45) is 3.54. The van der Waals surface area contributed by atoms with Gasteiger partial charge in [0, 0.05) is 16.1 Å². The fraction of sp³-hybridized carbons (Fsp3) is 0.412. The lowest BCUT2D eigenvalue weighted by Crippen LogP contribution is -2.41. The number of carbonyl (C=O) groups is 2. The Hall–Kier alpha value is -1.82. The maximum Gasteiger partial charge on any atom is 0.328 e. The van der Waals surface area contributed by atoms with Crippen molar-refractivity contribution < 1.29 is 19.1 Å². The third-order valence-electron chi connectivity index (χ3n) is 3.12. The monoisotopic (exact) mass is 383 g/mol. The van der Waals surface area contributed by atoms with E-state index >= 15 is 0 Å². The van der Waals surface area contributed by atoms with Gasteiger partial charge in [-0.15, -0.1) is 0 Å². The Morgan fingerprint density at radius 2 is 2.00 bits per heavy atom. The van der Waals surface area contributed by atoms with Gasteiger partial charge in [-0.2, -0.15) is 0 Å². The number of hydrogen-bond acceptors (Lipinski definition) is 4. The number of ether oxygens (including phenoxy) is 2. The van der Waals surface area contributed by atoms with Crippen LogP contribution >= 0.6 is 15.9 Å². The minimum atomic E-state index is -0.651. The average molecular weight is 384 g/mol. The van der Waals surface area contributed by atoms with Crippen molar-refractivity contribution in [2.24, 2.45) is 5.92 Å². The van der Waals surface area contributed by atoms with Gasteiger partial charge in [-0.3, -0.25) is 4.79 Å². The maximum atomic E-state index is 12.1. The Bertz CT molecular complexity index is 584. The van der Waals surface area contributed by atoms with E-state index in [0.29, 0.717) is 12.2 Å². The number of halogens is 1. The van der Waals surface area contributed by atoms with E-state index in [-0.39, 0.29) is 11.8 Å². The normalized spacial score (nSPS) is 12.3. The molecule has 1 amide bonds. The quantitative estimate of drug-likeness (QED) is 0.579. The molecule has 0 radical (unpaired) electrons. The zero-order valence-electron chi connectivity index (χ0n) is 13.8. The van der Waals surface area contributed by atoms with Gasteiger partial charge in [0.25, 0.3) is 0 Å². The minimum absolute atomic E-state index is 0.258. The van der Waals surface area contributed by atoms with Gasteiger partial charge in [0.05, 0.1) is 14.2 Å². The number of esters is 1. The third-order valence-corrected chi connectivity index (χ3v) is 3.61. The van der Waals surface area contributed by atoms with Crippen LogP contribution in [0.1, 0.15) is 25.8 Å². The largest absolute Gasteiger partial charge is 0.496 e. The molecule has 0 spiro atoms. The molecule has 0 heterocycles. The molecule has 0 aromatic heterocycles. The highest BCUT2D eigenvalue weighted by Gasteiger charge is 2.21. The second-order valence-electron chi connectivity index (χ2n) is 5.43. The molecule has 0 aliphatic carbocycles. The lowest BCUT2D eigenvalue weighted by atomic mass is 10.0. The Morgan fingerprint density at radius 3 is 2.57 bits per heavy atom. The molecule has 5 nitrogen and oxygen atoms in total. The number of benzene rings is 1. The van der Waals surface area contributed by atoms with Crippen LogP contribution in [0.5, 0.6) is 5.75 Å². The van der Waals surface area contributed by atoms with E-state index in [1.54, 1.807) is 19.3 Å². The number of amides is 1.